The van der Waals surface area contributed by atoms with Gasteiger partial charge in [0.05, 0.1) is 4.99 Å². The van der Waals surface area contributed by atoms with Crippen molar-refractivity contribution >= 4 is 27.2 Å². The van der Waals surface area contributed by atoms with E-state index in [9.17, 15) is 8.42 Å². The summed E-state index contributed by atoms with van der Waals surface area (Å²) in [6.45, 7) is 3.01. The zero-order chi connectivity index (χ0) is 11.8. The summed E-state index contributed by atoms with van der Waals surface area (Å²) in [5.74, 6) is 0.233. The maximum absolute atomic E-state index is 11.7. The fourth-order valence-corrected chi connectivity index (χ4v) is 4.21. The van der Waals surface area contributed by atoms with E-state index >= 15 is 0 Å². The van der Waals surface area contributed by atoms with Crippen molar-refractivity contribution in [3.8, 4) is 0 Å². The molecule has 3 rings (SSSR count). The van der Waals surface area contributed by atoms with Crippen molar-refractivity contribution < 1.29 is 8.42 Å². The molecule has 5 nitrogen and oxygen atoms in total. The minimum absolute atomic E-state index is 0.0220. The molecule has 3 heterocycles. The van der Waals surface area contributed by atoms with E-state index in [1.807, 2.05) is 0 Å². The number of piperidine rings is 3. The molecule has 3 aliphatic rings. The first kappa shape index (κ1) is 12.2. The highest BCUT2D eigenvalue weighted by Crippen LogP contribution is 2.27. The molecule has 2 bridgehead atoms. The number of nitrogens with zero attached hydrogens (tertiary/aromatic N) is 1. The van der Waals surface area contributed by atoms with Crippen LogP contribution in [0.1, 0.15) is 12.8 Å². The van der Waals surface area contributed by atoms with Crippen molar-refractivity contribution in [3.63, 3.8) is 0 Å². The average Bonchev–Trinajstić information content (AvgIpc) is 2.16. The summed E-state index contributed by atoms with van der Waals surface area (Å²) in [7, 11) is -3.35. The normalized spacial score (nSPS) is 33.9. The van der Waals surface area contributed by atoms with Crippen molar-refractivity contribution in [2.75, 3.05) is 25.4 Å². The third-order valence-corrected chi connectivity index (χ3v) is 5.00. The Balaban J connectivity index is 1.97. The van der Waals surface area contributed by atoms with Gasteiger partial charge in [-0.3, -0.25) is 0 Å². The van der Waals surface area contributed by atoms with E-state index in [0.717, 1.165) is 32.5 Å². The molecule has 0 aromatic carbocycles. The van der Waals surface area contributed by atoms with Crippen LogP contribution >= 0.6 is 12.2 Å². The van der Waals surface area contributed by atoms with E-state index < -0.39 is 10.0 Å². The molecule has 0 aromatic rings. The Morgan fingerprint density at radius 1 is 1.44 bits per heavy atom. The van der Waals surface area contributed by atoms with Gasteiger partial charge in [-0.15, -0.1) is 0 Å². The minimum atomic E-state index is -3.35. The first-order valence-electron chi connectivity index (χ1n) is 5.47. The largest absolute Gasteiger partial charge is 0.392 e. The van der Waals surface area contributed by atoms with Crippen LogP contribution in [0.4, 0.5) is 0 Å². The first-order chi connectivity index (χ1) is 7.46. The predicted octanol–water partition coefficient (Wildman–Crippen LogP) is -0.714. The number of thiocarbonyl (C=S) groups is 1. The third-order valence-electron chi connectivity index (χ3n) is 3.32. The molecule has 0 amide bonds. The fraction of sp³-hybridized carbons (Fsp3) is 0.889. The highest BCUT2D eigenvalue weighted by molar-refractivity contribution is 7.92. The van der Waals surface area contributed by atoms with Crippen LogP contribution in [0, 0.1) is 5.92 Å². The first-order valence-corrected chi connectivity index (χ1v) is 7.53. The maximum atomic E-state index is 11.7. The molecule has 7 heteroatoms. The van der Waals surface area contributed by atoms with Gasteiger partial charge in [-0.25, -0.2) is 13.1 Å². The Labute approximate surface area is 101 Å². The molecule has 16 heavy (non-hydrogen) atoms. The van der Waals surface area contributed by atoms with Crippen molar-refractivity contribution in [1.82, 2.24) is 9.62 Å². The number of sulfonamides is 1. The molecule has 0 saturated carbocycles. The summed E-state index contributed by atoms with van der Waals surface area (Å²) >= 11 is 4.63. The topological polar surface area (TPSA) is 75.4 Å². The molecule has 3 saturated heterocycles. The fourth-order valence-electron chi connectivity index (χ4n) is 2.56. The second-order valence-corrected chi connectivity index (χ2v) is 6.87. The second kappa shape index (κ2) is 4.56. The van der Waals surface area contributed by atoms with E-state index in [4.69, 9.17) is 5.73 Å². The van der Waals surface area contributed by atoms with Crippen LogP contribution < -0.4 is 10.5 Å². The SMILES string of the molecule is NC(=S)CS(=O)(=O)NC1CN2CCC1CC2. The highest BCUT2D eigenvalue weighted by Gasteiger charge is 2.36. The lowest BCUT2D eigenvalue weighted by Gasteiger charge is -2.44. The lowest BCUT2D eigenvalue weighted by atomic mass is 9.85. The van der Waals surface area contributed by atoms with Gasteiger partial charge in [0.15, 0.2) is 0 Å². The van der Waals surface area contributed by atoms with Gasteiger partial charge in [-0.2, -0.15) is 0 Å². The van der Waals surface area contributed by atoms with E-state index in [1.54, 1.807) is 0 Å². The Bertz CT molecular complexity index is 374. The number of hydrogen-bond acceptors (Lipinski definition) is 4. The molecule has 3 fully saturated rings. The quantitative estimate of drug-likeness (QED) is 0.655. The smallest absolute Gasteiger partial charge is 0.218 e. The maximum Gasteiger partial charge on any atom is 0.218 e. The second-order valence-electron chi connectivity index (χ2n) is 4.59. The van der Waals surface area contributed by atoms with E-state index in [1.165, 1.54) is 0 Å². The van der Waals surface area contributed by atoms with Crippen molar-refractivity contribution in [1.29, 1.82) is 0 Å². The average molecular weight is 263 g/mol. The van der Waals surface area contributed by atoms with Crippen LogP contribution in [0.25, 0.3) is 0 Å². The number of nitrogens with two attached hydrogens (primary N) is 1. The van der Waals surface area contributed by atoms with Gasteiger partial charge in [0.25, 0.3) is 0 Å². The van der Waals surface area contributed by atoms with Gasteiger partial charge in [-0.05, 0) is 31.8 Å². The molecule has 92 valence electrons. The minimum Gasteiger partial charge on any atom is -0.392 e. The van der Waals surface area contributed by atoms with E-state index in [-0.39, 0.29) is 16.8 Å². The molecule has 0 radical (unpaired) electrons. The Kier molecular flexibility index (Phi) is 3.48. The van der Waals surface area contributed by atoms with Gasteiger partial charge in [0.1, 0.15) is 5.75 Å². The summed E-state index contributed by atoms with van der Waals surface area (Å²) in [4.78, 5) is 2.32. The van der Waals surface area contributed by atoms with Crippen LogP contribution in [-0.4, -0.2) is 49.7 Å². The third kappa shape index (κ3) is 2.91. The van der Waals surface area contributed by atoms with Crippen LogP contribution in [-0.2, 0) is 10.0 Å². The number of nitrogens with one attached hydrogen (secondary N) is 1. The molecule has 0 aromatic heterocycles. The lowest BCUT2D eigenvalue weighted by Crippen LogP contribution is -2.57. The highest BCUT2D eigenvalue weighted by atomic mass is 32.2. The van der Waals surface area contributed by atoms with Gasteiger partial charge in [0.2, 0.25) is 10.0 Å². The number of fused-ring (bicyclic) bond motifs is 3. The summed E-state index contributed by atoms with van der Waals surface area (Å²) < 4.78 is 26.1. The summed E-state index contributed by atoms with van der Waals surface area (Å²) in [6.07, 6.45) is 2.17. The van der Waals surface area contributed by atoms with Crippen molar-refractivity contribution in [2.24, 2.45) is 11.7 Å². The molecule has 3 N–H and O–H groups in total. The standard InChI is InChI=1S/C9H17N3O2S2/c10-9(15)6-16(13,14)11-8-5-12-3-1-7(8)2-4-12/h7-8,11H,1-6H2,(H2,10,15). The molecule has 1 unspecified atom stereocenters. The molecular weight excluding hydrogens is 246 g/mol. The summed E-state index contributed by atoms with van der Waals surface area (Å²) in [6, 6.07) is 0.0434. The van der Waals surface area contributed by atoms with Gasteiger partial charge >= 0.3 is 0 Å². The lowest BCUT2D eigenvalue weighted by molar-refractivity contribution is 0.0827. The van der Waals surface area contributed by atoms with Gasteiger partial charge in [-0.1, -0.05) is 12.2 Å². The molecule has 0 spiro atoms. The zero-order valence-corrected chi connectivity index (χ0v) is 10.7. The Morgan fingerprint density at radius 3 is 2.50 bits per heavy atom. The van der Waals surface area contributed by atoms with Crippen LogP contribution in [0.2, 0.25) is 0 Å². The van der Waals surface area contributed by atoms with Crippen molar-refractivity contribution in [2.45, 2.75) is 18.9 Å². The number of rotatable bonds is 4. The summed E-state index contributed by atoms with van der Waals surface area (Å²) in [5, 5.41) is 0. The predicted molar refractivity (Wildman–Crippen MR) is 66.7 cm³/mol. The zero-order valence-electron chi connectivity index (χ0n) is 9.05. The van der Waals surface area contributed by atoms with E-state index in [2.05, 4.69) is 21.8 Å². The van der Waals surface area contributed by atoms with Crippen LogP contribution in [0.3, 0.4) is 0 Å². The molecule has 0 aliphatic carbocycles. The summed E-state index contributed by atoms with van der Waals surface area (Å²) in [5.41, 5.74) is 5.26. The number of hydrogen-bond donors (Lipinski definition) is 2. The Morgan fingerprint density at radius 2 is 2.06 bits per heavy atom. The van der Waals surface area contributed by atoms with Crippen LogP contribution in [0.5, 0.6) is 0 Å². The van der Waals surface area contributed by atoms with Crippen molar-refractivity contribution in [3.05, 3.63) is 0 Å². The van der Waals surface area contributed by atoms with Crippen LogP contribution in [0.15, 0.2) is 0 Å². The molecule has 3 aliphatic heterocycles. The van der Waals surface area contributed by atoms with E-state index in [0.29, 0.717) is 5.92 Å². The van der Waals surface area contributed by atoms with Gasteiger partial charge in [0, 0.05) is 12.6 Å². The monoisotopic (exact) mass is 263 g/mol. The molecule has 1 atom stereocenters. The van der Waals surface area contributed by atoms with Gasteiger partial charge < -0.3 is 10.6 Å². The molecular formula is C9H17N3O2S2. The Hall–Kier alpha value is -0.240.